The zero-order chi connectivity index (χ0) is 18.3. The summed E-state index contributed by atoms with van der Waals surface area (Å²) in [5.74, 6) is -0.661. The fourth-order valence-electron chi connectivity index (χ4n) is 1.69. The van der Waals surface area contributed by atoms with Crippen molar-refractivity contribution in [1.29, 1.82) is 0 Å². The Morgan fingerprint density at radius 2 is 1.75 bits per heavy atom. The Morgan fingerprint density at radius 3 is 2.25 bits per heavy atom. The molecule has 0 aliphatic heterocycles. The molecule has 0 aliphatic carbocycles. The first-order valence-electron chi connectivity index (χ1n) is 7.29. The average Bonchev–Trinajstić information content (AvgIpc) is 2.51. The lowest BCUT2D eigenvalue weighted by Crippen LogP contribution is -2.40. The van der Waals surface area contributed by atoms with Crippen molar-refractivity contribution >= 4 is 22.1 Å². The van der Waals surface area contributed by atoms with Gasteiger partial charge in [-0.3, -0.25) is 0 Å². The monoisotopic (exact) mass is 355 g/mol. The zero-order valence-corrected chi connectivity index (χ0v) is 14.8. The first-order chi connectivity index (χ1) is 11.2. The largest absolute Gasteiger partial charge is 0.460 e. The van der Waals surface area contributed by atoms with Gasteiger partial charge in [-0.15, -0.1) is 0 Å². The second kappa shape index (κ2) is 8.49. The van der Waals surface area contributed by atoms with Gasteiger partial charge in [-0.25, -0.2) is 18.0 Å². The topological polar surface area (TPSA) is 90.0 Å². The number of rotatable bonds is 7. The average molecular weight is 355 g/mol. The molecule has 0 aliphatic rings. The van der Waals surface area contributed by atoms with Gasteiger partial charge in [0.25, 0.3) is 10.0 Å². The van der Waals surface area contributed by atoms with Crippen LogP contribution in [0.2, 0.25) is 0 Å². The Morgan fingerprint density at radius 1 is 1.17 bits per heavy atom. The molecule has 1 aromatic rings. The molecule has 1 aromatic carbocycles. The maximum Gasteiger partial charge on any atom is 0.423 e. The highest BCUT2D eigenvalue weighted by atomic mass is 32.2. The second-order valence-electron chi connectivity index (χ2n) is 5.01. The van der Waals surface area contributed by atoms with Crippen LogP contribution in [0.3, 0.4) is 0 Å². The van der Waals surface area contributed by atoms with Crippen molar-refractivity contribution in [3.63, 3.8) is 0 Å². The number of carbonyl (C=O) groups is 2. The minimum Gasteiger partial charge on any atom is -0.460 e. The van der Waals surface area contributed by atoms with Crippen molar-refractivity contribution in [1.82, 2.24) is 4.31 Å². The highest BCUT2D eigenvalue weighted by Gasteiger charge is 2.30. The van der Waals surface area contributed by atoms with Gasteiger partial charge in [0.15, 0.2) is 0 Å². The van der Waals surface area contributed by atoms with Crippen molar-refractivity contribution in [2.24, 2.45) is 0 Å². The number of aryl methyl sites for hydroxylation is 1. The van der Waals surface area contributed by atoms with Gasteiger partial charge in [0.2, 0.25) is 0 Å². The molecule has 0 saturated carbocycles. The fourth-order valence-corrected chi connectivity index (χ4v) is 2.99. The minimum atomic E-state index is -4.11. The van der Waals surface area contributed by atoms with E-state index in [-0.39, 0.29) is 30.2 Å². The van der Waals surface area contributed by atoms with Gasteiger partial charge in [-0.2, -0.15) is 4.31 Å². The van der Waals surface area contributed by atoms with Gasteiger partial charge < -0.3 is 9.47 Å². The maximum atomic E-state index is 12.6. The number of benzene rings is 1. The molecule has 0 spiro atoms. The van der Waals surface area contributed by atoms with Crippen LogP contribution >= 0.6 is 0 Å². The van der Waals surface area contributed by atoms with Crippen LogP contribution in [-0.4, -0.2) is 44.5 Å². The van der Waals surface area contributed by atoms with E-state index in [1.165, 1.54) is 19.1 Å². The molecule has 1 rings (SSSR count). The molecular formula is C16H21NO6S. The number of sulfonamides is 1. The molecule has 0 heterocycles. The number of hydrogen-bond acceptors (Lipinski definition) is 6. The SMILES string of the molecule is C=C(C)C(=O)OCCN(C(=O)OCC)S(=O)(=O)c1ccc(C)cc1. The van der Waals surface area contributed by atoms with Crippen LogP contribution in [0.15, 0.2) is 41.3 Å². The predicted octanol–water partition coefficient (Wildman–Crippen LogP) is 2.26. The minimum absolute atomic E-state index is 0.0182. The summed E-state index contributed by atoms with van der Waals surface area (Å²) in [5, 5.41) is 0. The van der Waals surface area contributed by atoms with E-state index in [0.717, 1.165) is 5.56 Å². The second-order valence-corrected chi connectivity index (χ2v) is 6.87. The van der Waals surface area contributed by atoms with Crippen LogP contribution in [-0.2, 0) is 24.3 Å². The van der Waals surface area contributed by atoms with Crippen molar-refractivity contribution in [3.8, 4) is 0 Å². The van der Waals surface area contributed by atoms with Crippen LogP contribution < -0.4 is 0 Å². The number of carbonyl (C=O) groups excluding carboxylic acids is 2. The Bertz CT molecular complexity index is 709. The van der Waals surface area contributed by atoms with Crippen LogP contribution in [0.25, 0.3) is 0 Å². The Kier molecular flexibility index (Phi) is 6.97. The van der Waals surface area contributed by atoms with Gasteiger partial charge >= 0.3 is 12.1 Å². The smallest absolute Gasteiger partial charge is 0.423 e. The number of amides is 1. The van der Waals surface area contributed by atoms with Gasteiger partial charge in [0.05, 0.1) is 18.0 Å². The Labute approximate surface area is 141 Å². The quantitative estimate of drug-likeness (QED) is 0.550. The van der Waals surface area contributed by atoms with Crippen molar-refractivity contribution in [2.45, 2.75) is 25.7 Å². The molecule has 0 bridgehead atoms. The molecule has 0 fully saturated rings. The van der Waals surface area contributed by atoms with E-state index in [2.05, 4.69) is 6.58 Å². The lowest BCUT2D eigenvalue weighted by atomic mass is 10.2. The molecule has 0 radical (unpaired) electrons. The Hall–Kier alpha value is -2.35. The molecule has 0 atom stereocenters. The van der Waals surface area contributed by atoms with E-state index in [1.54, 1.807) is 19.1 Å². The van der Waals surface area contributed by atoms with E-state index in [0.29, 0.717) is 4.31 Å². The third-order valence-electron chi connectivity index (χ3n) is 2.96. The van der Waals surface area contributed by atoms with E-state index in [9.17, 15) is 18.0 Å². The highest BCUT2D eigenvalue weighted by molar-refractivity contribution is 7.89. The number of ether oxygens (including phenoxy) is 2. The lowest BCUT2D eigenvalue weighted by molar-refractivity contribution is -0.139. The first-order valence-corrected chi connectivity index (χ1v) is 8.73. The maximum absolute atomic E-state index is 12.6. The van der Waals surface area contributed by atoms with E-state index >= 15 is 0 Å². The number of nitrogens with zero attached hydrogens (tertiary/aromatic N) is 1. The molecule has 132 valence electrons. The summed E-state index contributed by atoms with van der Waals surface area (Å²) >= 11 is 0. The van der Waals surface area contributed by atoms with Crippen molar-refractivity contribution in [2.75, 3.05) is 19.8 Å². The van der Waals surface area contributed by atoms with E-state index < -0.39 is 22.1 Å². The Balaban J connectivity index is 3.00. The first kappa shape index (κ1) is 19.7. The molecule has 0 aromatic heterocycles. The van der Waals surface area contributed by atoms with Gasteiger partial charge in [0.1, 0.15) is 6.61 Å². The van der Waals surface area contributed by atoms with Crippen molar-refractivity contribution < 1.29 is 27.5 Å². The third-order valence-corrected chi connectivity index (χ3v) is 4.74. The summed E-state index contributed by atoms with van der Waals surface area (Å²) in [6, 6.07) is 6.04. The normalized spacial score (nSPS) is 10.8. The summed E-state index contributed by atoms with van der Waals surface area (Å²) in [4.78, 5) is 23.3. The van der Waals surface area contributed by atoms with Gasteiger partial charge in [0, 0.05) is 5.57 Å². The van der Waals surface area contributed by atoms with Gasteiger partial charge in [-0.05, 0) is 32.9 Å². The van der Waals surface area contributed by atoms with Crippen LogP contribution in [0.1, 0.15) is 19.4 Å². The molecule has 0 saturated heterocycles. The van der Waals surface area contributed by atoms with E-state index in [4.69, 9.17) is 9.47 Å². The fraction of sp³-hybridized carbons (Fsp3) is 0.375. The number of hydrogen-bond donors (Lipinski definition) is 0. The molecule has 0 unspecified atom stereocenters. The predicted molar refractivity (Wildman–Crippen MR) is 87.9 cm³/mol. The molecule has 0 N–H and O–H groups in total. The number of esters is 1. The summed E-state index contributed by atoms with van der Waals surface area (Å²) in [7, 11) is -4.11. The van der Waals surface area contributed by atoms with Crippen LogP contribution in [0.4, 0.5) is 4.79 Å². The van der Waals surface area contributed by atoms with Crippen molar-refractivity contribution in [3.05, 3.63) is 42.0 Å². The third kappa shape index (κ3) is 5.09. The molecule has 7 nitrogen and oxygen atoms in total. The van der Waals surface area contributed by atoms with Crippen LogP contribution in [0, 0.1) is 6.92 Å². The summed E-state index contributed by atoms with van der Waals surface area (Å²) in [6.45, 7) is 7.64. The highest BCUT2D eigenvalue weighted by Crippen LogP contribution is 2.17. The summed E-state index contributed by atoms with van der Waals surface area (Å²) < 4.78 is 35.5. The standard InChI is InChI=1S/C16H21NO6S/c1-5-22-16(19)17(10-11-23-15(18)12(2)3)24(20,21)14-8-6-13(4)7-9-14/h6-9H,2,5,10-11H2,1,3-4H3. The van der Waals surface area contributed by atoms with Gasteiger partial charge in [-0.1, -0.05) is 24.3 Å². The van der Waals surface area contributed by atoms with E-state index in [1.807, 2.05) is 6.92 Å². The van der Waals surface area contributed by atoms with Crippen LogP contribution in [0.5, 0.6) is 0 Å². The molecule has 8 heteroatoms. The summed E-state index contributed by atoms with van der Waals surface area (Å²) in [5.41, 5.74) is 1.06. The zero-order valence-electron chi connectivity index (χ0n) is 13.9. The molecular weight excluding hydrogens is 334 g/mol. The molecule has 24 heavy (non-hydrogen) atoms. The summed E-state index contributed by atoms with van der Waals surface area (Å²) in [6.07, 6.45) is -1.02. The molecule has 1 amide bonds. The lowest BCUT2D eigenvalue weighted by Gasteiger charge is -2.21.